The number of piperazine rings is 1. The van der Waals surface area contributed by atoms with Crippen LogP contribution in [0.4, 0.5) is 13.2 Å². The number of nitrogens with zero attached hydrogens (tertiary/aromatic N) is 2. The van der Waals surface area contributed by atoms with Crippen LogP contribution < -0.4 is 0 Å². The minimum absolute atomic E-state index is 0.0318. The molecule has 2 aromatic carbocycles. The summed E-state index contributed by atoms with van der Waals surface area (Å²) in [5.74, 6) is -3.28. The molecule has 0 aliphatic carbocycles. The van der Waals surface area contributed by atoms with Crippen molar-refractivity contribution in [2.45, 2.75) is 11.8 Å². The van der Waals surface area contributed by atoms with Crippen molar-refractivity contribution in [3.63, 3.8) is 0 Å². The number of sulfonamides is 1. The van der Waals surface area contributed by atoms with Crippen LogP contribution >= 0.6 is 0 Å². The molecule has 2 aromatic rings. The van der Waals surface area contributed by atoms with E-state index in [1.165, 1.54) is 17.0 Å². The van der Waals surface area contributed by atoms with E-state index in [4.69, 9.17) is 0 Å². The van der Waals surface area contributed by atoms with E-state index in [1.807, 2.05) is 0 Å². The number of benzene rings is 2. The molecular weight excluding hydrogens is 381 g/mol. The van der Waals surface area contributed by atoms with Crippen LogP contribution in [0.3, 0.4) is 0 Å². The first-order chi connectivity index (χ1) is 12.7. The van der Waals surface area contributed by atoms with Crippen molar-refractivity contribution in [2.24, 2.45) is 0 Å². The maximum Gasteiger partial charge on any atom is 0.254 e. The van der Waals surface area contributed by atoms with E-state index >= 15 is 0 Å². The van der Waals surface area contributed by atoms with Gasteiger partial charge >= 0.3 is 0 Å². The van der Waals surface area contributed by atoms with Gasteiger partial charge in [0.05, 0.1) is 0 Å². The Balaban J connectivity index is 1.77. The number of aryl methyl sites for hydroxylation is 1. The Bertz CT molecular complexity index is 967. The van der Waals surface area contributed by atoms with Gasteiger partial charge in [0.15, 0.2) is 4.90 Å². The van der Waals surface area contributed by atoms with Gasteiger partial charge in [-0.3, -0.25) is 4.79 Å². The van der Waals surface area contributed by atoms with E-state index in [1.54, 1.807) is 6.92 Å². The summed E-state index contributed by atoms with van der Waals surface area (Å²) >= 11 is 0. The van der Waals surface area contributed by atoms with Crippen molar-refractivity contribution in [1.82, 2.24) is 9.21 Å². The molecule has 0 radical (unpaired) electrons. The Morgan fingerprint density at radius 3 is 2.15 bits per heavy atom. The third-order valence-corrected chi connectivity index (χ3v) is 6.42. The number of rotatable bonds is 3. The zero-order valence-corrected chi connectivity index (χ0v) is 15.3. The van der Waals surface area contributed by atoms with Gasteiger partial charge in [0, 0.05) is 31.7 Å². The SMILES string of the molecule is Cc1ccc(F)cc1C(=O)N1CCN(S(=O)(=O)c2c(F)cccc2F)CC1. The second-order valence-electron chi connectivity index (χ2n) is 6.21. The molecule has 1 aliphatic rings. The third kappa shape index (κ3) is 3.70. The summed E-state index contributed by atoms with van der Waals surface area (Å²) in [6, 6.07) is 6.71. The van der Waals surface area contributed by atoms with Gasteiger partial charge in [0.25, 0.3) is 5.91 Å². The first-order valence-corrected chi connectivity index (χ1v) is 9.65. The van der Waals surface area contributed by atoms with Crippen molar-refractivity contribution in [3.05, 3.63) is 65.0 Å². The van der Waals surface area contributed by atoms with Gasteiger partial charge in [0.1, 0.15) is 17.5 Å². The molecule has 0 saturated carbocycles. The van der Waals surface area contributed by atoms with Crippen molar-refractivity contribution in [1.29, 1.82) is 0 Å². The molecule has 1 amide bonds. The van der Waals surface area contributed by atoms with Crippen LogP contribution in [0.15, 0.2) is 41.3 Å². The van der Waals surface area contributed by atoms with Gasteiger partial charge in [-0.2, -0.15) is 4.31 Å². The summed E-state index contributed by atoms with van der Waals surface area (Å²) in [5.41, 5.74) is 0.802. The molecule has 0 spiro atoms. The highest BCUT2D eigenvalue weighted by molar-refractivity contribution is 7.89. The molecule has 1 fully saturated rings. The molecule has 1 aliphatic heterocycles. The van der Waals surface area contributed by atoms with Crippen molar-refractivity contribution in [2.75, 3.05) is 26.2 Å². The summed E-state index contributed by atoms with van der Waals surface area (Å²) in [7, 11) is -4.37. The van der Waals surface area contributed by atoms with Crippen molar-refractivity contribution in [3.8, 4) is 0 Å². The van der Waals surface area contributed by atoms with Gasteiger partial charge in [0.2, 0.25) is 10.0 Å². The zero-order valence-electron chi connectivity index (χ0n) is 14.5. The number of amides is 1. The maximum absolute atomic E-state index is 13.9. The Kier molecular flexibility index (Phi) is 5.25. The molecule has 9 heteroatoms. The minimum atomic E-state index is -4.37. The normalized spacial score (nSPS) is 15.8. The van der Waals surface area contributed by atoms with Crippen LogP contribution in [-0.2, 0) is 10.0 Å². The molecule has 0 aromatic heterocycles. The summed E-state index contributed by atoms with van der Waals surface area (Å²) in [6.07, 6.45) is 0. The average Bonchev–Trinajstić information content (AvgIpc) is 2.63. The number of carbonyl (C=O) groups excluding carboxylic acids is 1. The topological polar surface area (TPSA) is 57.7 Å². The molecule has 1 saturated heterocycles. The predicted molar refractivity (Wildman–Crippen MR) is 92.2 cm³/mol. The molecule has 0 N–H and O–H groups in total. The fourth-order valence-electron chi connectivity index (χ4n) is 2.98. The lowest BCUT2D eigenvalue weighted by Crippen LogP contribution is -2.50. The van der Waals surface area contributed by atoms with E-state index in [-0.39, 0.29) is 31.7 Å². The molecule has 1 heterocycles. The molecule has 3 rings (SSSR count). The standard InChI is InChI=1S/C18H17F3N2O3S/c1-12-5-6-13(19)11-14(12)18(24)22-7-9-23(10-8-22)27(25,26)17-15(20)3-2-4-16(17)21/h2-6,11H,7-10H2,1H3. The predicted octanol–water partition coefficient (Wildman–Crippen LogP) is 2.56. The lowest BCUT2D eigenvalue weighted by Gasteiger charge is -2.34. The Hall–Kier alpha value is -2.39. The Labute approximate surface area is 155 Å². The lowest BCUT2D eigenvalue weighted by atomic mass is 10.1. The highest BCUT2D eigenvalue weighted by Crippen LogP contribution is 2.24. The van der Waals surface area contributed by atoms with E-state index < -0.39 is 38.3 Å². The fraction of sp³-hybridized carbons (Fsp3) is 0.278. The average molecular weight is 398 g/mol. The van der Waals surface area contributed by atoms with E-state index in [0.717, 1.165) is 28.6 Å². The highest BCUT2D eigenvalue weighted by Gasteiger charge is 2.34. The lowest BCUT2D eigenvalue weighted by molar-refractivity contribution is 0.0696. The molecular formula is C18H17F3N2O3S. The van der Waals surface area contributed by atoms with Crippen molar-refractivity contribution >= 4 is 15.9 Å². The number of halogens is 3. The first kappa shape index (κ1) is 19.4. The molecule has 5 nitrogen and oxygen atoms in total. The molecule has 0 unspecified atom stereocenters. The second kappa shape index (κ2) is 7.32. The smallest absolute Gasteiger partial charge is 0.254 e. The van der Waals surface area contributed by atoms with Crippen LogP contribution in [0.1, 0.15) is 15.9 Å². The Morgan fingerprint density at radius 2 is 1.56 bits per heavy atom. The van der Waals surface area contributed by atoms with Crippen LogP contribution in [0, 0.1) is 24.4 Å². The molecule has 0 bridgehead atoms. The van der Waals surface area contributed by atoms with Crippen LogP contribution in [-0.4, -0.2) is 49.7 Å². The Morgan fingerprint density at radius 1 is 0.963 bits per heavy atom. The summed E-state index contributed by atoms with van der Waals surface area (Å²) in [4.78, 5) is 13.0. The molecule has 144 valence electrons. The summed E-state index contributed by atoms with van der Waals surface area (Å²) in [5, 5.41) is 0. The number of hydrogen-bond acceptors (Lipinski definition) is 3. The molecule has 27 heavy (non-hydrogen) atoms. The van der Waals surface area contributed by atoms with Gasteiger partial charge in [-0.1, -0.05) is 12.1 Å². The van der Waals surface area contributed by atoms with Gasteiger partial charge in [-0.15, -0.1) is 0 Å². The third-order valence-electron chi connectivity index (χ3n) is 4.47. The van der Waals surface area contributed by atoms with E-state index in [2.05, 4.69) is 0 Å². The van der Waals surface area contributed by atoms with E-state index in [0.29, 0.717) is 5.56 Å². The molecule has 0 atom stereocenters. The fourth-order valence-corrected chi connectivity index (χ4v) is 4.52. The minimum Gasteiger partial charge on any atom is -0.336 e. The van der Waals surface area contributed by atoms with Crippen LogP contribution in [0.25, 0.3) is 0 Å². The van der Waals surface area contributed by atoms with Gasteiger partial charge in [-0.25, -0.2) is 21.6 Å². The van der Waals surface area contributed by atoms with Gasteiger partial charge < -0.3 is 4.90 Å². The largest absolute Gasteiger partial charge is 0.336 e. The quantitative estimate of drug-likeness (QED) is 0.799. The van der Waals surface area contributed by atoms with Crippen LogP contribution in [0.5, 0.6) is 0 Å². The summed E-state index contributed by atoms with van der Waals surface area (Å²) < 4.78 is 67.2. The van der Waals surface area contributed by atoms with Crippen molar-refractivity contribution < 1.29 is 26.4 Å². The van der Waals surface area contributed by atoms with Crippen LogP contribution in [0.2, 0.25) is 0 Å². The monoisotopic (exact) mass is 398 g/mol. The number of hydrogen-bond donors (Lipinski definition) is 0. The first-order valence-electron chi connectivity index (χ1n) is 8.21. The van der Waals surface area contributed by atoms with E-state index in [9.17, 15) is 26.4 Å². The second-order valence-corrected chi connectivity index (χ2v) is 8.08. The zero-order chi connectivity index (χ0) is 19.8. The number of carbonyl (C=O) groups is 1. The maximum atomic E-state index is 13.9. The highest BCUT2D eigenvalue weighted by atomic mass is 32.2. The summed E-state index contributed by atoms with van der Waals surface area (Å²) in [6.45, 7) is 1.51. The van der Waals surface area contributed by atoms with Gasteiger partial charge in [-0.05, 0) is 36.8 Å².